The summed E-state index contributed by atoms with van der Waals surface area (Å²) in [5.74, 6) is 1.26. The number of sulfonamides is 1. The van der Waals surface area contributed by atoms with Crippen LogP contribution in [0, 0.1) is 17.3 Å². The van der Waals surface area contributed by atoms with E-state index in [0.717, 1.165) is 13.1 Å². The third-order valence-electron chi connectivity index (χ3n) is 3.79. The Morgan fingerprint density at radius 2 is 2.08 bits per heavy atom. The minimum atomic E-state index is -2.94. The van der Waals surface area contributed by atoms with Gasteiger partial charge in [0, 0.05) is 13.1 Å². The van der Waals surface area contributed by atoms with Gasteiger partial charge in [0.1, 0.15) is 0 Å². The average Bonchev–Trinajstić information content (AvgIpc) is 2.53. The lowest BCUT2D eigenvalue weighted by Crippen LogP contribution is -2.32. The second-order valence-corrected chi connectivity index (χ2v) is 6.83. The quantitative estimate of drug-likeness (QED) is 0.669. The summed E-state index contributed by atoms with van der Waals surface area (Å²) in [6, 6.07) is 0. The van der Waals surface area contributed by atoms with Gasteiger partial charge in [0.2, 0.25) is 10.0 Å². The first-order valence-corrected chi connectivity index (χ1v) is 6.66. The number of hydrogen-bond donors (Lipinski definition) is 0. The number of rotatable bonds is 2. The molecule has 2 atom stereocenters. The Morgan fingerprint density at radius 3 is 2.38 bits per heavy atom. The molecule has 1 saturated heterocycles. The molecular formula is C9H17NO2S. The molecular weight excluding hydrogens is 186 g/mol. The van der Waals surface area contributed by atoms with E-state index in [9.17, 15) is 8.42 Å². The minimum Gasteiger partial charge on any atom is -0.213 e. The maximum atomic E-state index is 11.3. The topological polar surface area (TPSA) is 37.4 Å². The van der Waals surface area contributed by atoms with Crippen molar-refractivity contribution in [1.82, 2.24) is 4.31 Å². The molecule has 0 aromatic heterocycles. The first kappa shape index (κ1) is 9.46. The van der Waals surface area contributed by atoms with Gasteiger partial charge in [-0.05, 0) is 23.7 Å². The summed E-state index contributed by atoms with van der Waals surface area (Å²) in [6.07, 6.45) is 2.54. The van der Waals surface area contributed by atoms with Crippen molar-refractivity contribution < 1.29 is 8.42 Å². The molecule has 76 valence electrons. The number of piperidine rings is 1. The Morgan fingerprint density at radius 1 is 1.46 bits per heavy atom. The van der Waals surface area contributed by atoms with Gasteiger partial charge in [-0.15, -0.1) is 0 Å². The van der Waals surface area contributed by atoms with Crippen LogP contribution in [0.5, 0.6) is 0 Å². The molecule has 13 heavy (non-hydrogen) atoms. The van der Waals surface area contributed by atoms with Crippen LogP contribution in [0.25, 0.3) is 0 Å². The SMILES string of the molecule is CC(C)[C@@]12C[C@@H]1CN(S(C)(=O)=O)C2. The Bertz CT molecular complexity index is 323. The van der Waals surface area contributed by atoms with Crippen LogP contribution in [0.15, 0.2) is 0 Å². The molecule has 0 N–H and O–H groups in total. The van der Waals surface area contributed by atoms with E-state index in [-0.39, 0.29) is 0 Å². The van der Waals surface area contributed by atoms with Crippen LogP contribution in [0.2, 0.25) is 0 Å². The van der Waals surface area contributed by atoms with Crippen molar-refractivity contribution in [3.63, 3.8) is 0 Å². The van der Waals surface area contributed by atoms with E-state index in [0.29, 0.717) is 17.3 Å². The molecule has 4 heteroatoms. The summed E-state index contributed by atoms with van der Waals surface area (Å²) in [6.45, 7) is 5.92. The van der Waals surface area contributed by atoms with Crippen LogP contribution < -0.4 is 0 Å². The van der Waals surface area contributed by atoms with E-state index in [2.05, 4.69) is 13.8 Å². The van der Waals surface area contributed by atoms with Gasteiger partial charge in [-0.3, -0.25) is 0 Å². The fourth-order valence-corrected chi connectivity index (χ4v) is 3.55. The highest BCUT2D eigenvalue weighted by Gasteiger charge is 2.62. The van der Waals surface area contributed by atoms with E-state index >= 15 is 0 Å². The fraction of sp³-hybridized carbons (Fsp3) is 1.00. The van der Waals surface area contributed by atoms with Crippen LogP contribution >= 0.6 is 0 Å². The summed E-state index contributed by atoms with van der Waals surface area (Å²) >= 11 is 0. The fourth-order valence-electron chi connectivity index (χ4n) is 2.62. The van der Waals surface area contributed by atoms with Gasteiger partial charge in [0.05, 0.1) is 6.26 Å². The monoisotopic (exact) mass is 203 g/mol. The molecule has 0 aromatic rings. The van der Waals surface area contributed by atoms with Crippen LogP contribution in [0.3, 0.4) is 0 Å². The lowest BCUT2D eigenvalue weighted by atomic mass is 9.92. The highest BCUT2D eigenvalue weighted by Crippen LogP contribution is 2.62. The summed E-state index contributed by atoms with van der Waals surface area (Å²) < 4.78 is 24.2. The molecule has 1 heterocycles. The Labute approximate surface area is 80.2 Å². The molecule has 0 amide bonds. The number of fused-ring (bicyclic) bond motifs is 1. The van der Waals surface area contributed by atoms with Crippen LogP contribution in [0.4, 0.5) is 0 Å². The molecule has 2 aliphatic rings. The minimum absolute atomic E-state index is 0.336. The Balaban J connectivity index is 2.14. The van der Waals surface area contributed by atoms with Crippen LogP contribution in [-0.4, -0.2) is 32.1 Å². The highest BCUT2D eigenvalue weighted by atomic mass is 32.2. The zero-order chi connectivity index (χ0) is 9.85. The first-order chi connectivity index (χ1) is 5.86. The smallest absolute Gasteiger partial charge is 0.211 e. The predicted molar refractivity (Wildman–Crippen MR) is 51.8 cm³/mol. The Hall–Kier alpha value is -0.0900. The third-order valence-corrected chi connectivity index (χ3v) is 5.01. The molecule has 2 fully saturated rings. The molecule has 3 nitrogen and oxygen atoms in total. The van der Waals surface area contributed by atoms with Gasteiger partial charge in [0.15, 0.2) is 0 Å². The lowest BCUT2D eigenvalue weighted by Gasteiger charge is -2.21. The maximum absolute atomic E-state index is 11.3. The molecule has 0 spiro atoms. The van der Waals surface area contributed by atoms with Crippen molar-refractivity contribution in [2.75, 3.05) is 19.3 Å². The summed E-state index contributed by atoms with van der Waals surface area (Å²) in [4.78, 5) is 0. The van der Waals surface area contributed by atoms with Crippen molar-refractivity contribution in [1.29, 1.82) is 0 Å². The van der Waals surface area contributed by atoms with Crippen molar-refractivity contribution in [3.8, 4) is 0 Å². The molecule has 1 aliphatic heterocycles. The van der Waals surface area contributed by atoms with Gasteiger partial charge in [-0.25, -0.2) is 12.7 Å². The molecule has 1 saturated carbocycles. The van der Waals surface area contributed by atoms with Crippen molar-refractivity contribution in [3.05, 3.63) is 0 Å². The van der Waals surface area contributed by atoms with E-state index < -0.39 is 10.0 Å². The zero-order valence-corrected chi connectivity index (χ0v) is 9.26. The van der Waals surface area contributed by atoms with Crippen LogP contribution in [0.1, 0.15) is 20.3 Å². The first-order valence-electron chi connectivity index (χ1n) is 4.81. The van der Waals surface area contributed by atoms with Gasteiger partial charge >= 0.3 is 0 Å². The van der Waals surface area contributed by atoms with E-state index in [4.69, 9.17) is 0 Å². The second-order valence-electron chi connectivity index (χ2n) is 4.84. The van der Waals surface area contributed by atoms with Crippen molar-refractivity contribution in [2.45, 2.75) is 20.3 Å². The van der Waals surface area contributed by atoms with Gasteiger partial charge < -0.3 is 0 Å². The predicted octanol–water partition coefficient (Wildman–Crippen LogP) is 0.924. The molecule has 1 aliphatic carbocycles. The van der Waals surface area contributed by atoms with E-state index in [1.807, 2.05) is 0 Å². The summed E-state index contributed by atoms with van der Waals surface area (Å²) in [5.41, 5.74) is 0.336. The second kappa shape index (κ2) is 2.48. The van der Waals surface area contributed by atoms with Gasteiger partial charge in [0.25, 0.3) is 0 Å². The van der Waals surface area contributed by atoms with E-state index in [1.54, 1.807) is 4.31 Å². The molecule has 2 rings (SSSR count). The van der Waals surface area contributed by atoms with Crippen molar-refractivity contribution in [2.24, 2.45) is 17.3 Å². The zero-order valence-electron chi connectivity index (χ0n) is 8.45. The van der Waals surface area contributed by atoms with Gasteiger partial charge in [-0.2, -0.15) is 0 Å². The number of nitrogens with zero attached hydrogens (tertiary/aromatic N) is 1. The summed E-state index contributed by atoms with van der Waals surface area (Å²) in [5, 5.41) is 0. The van der Waals surface area contributed by atoms with Crippen LogP contribution in [-0.2, 0) is 10.0 Å². The average molecular weight is 203 g/mol. The summed E-state index contributed by atoms with van der Waals surface area (Å²) in [7, 11) is -2.94. The molecule has 0 unspecified atom stereocenters. The molecule has 0 bridgehead atoms. The highest BCUT2D eigenvalue weighted by molar-refractivity contribution is 7.88. The molecule has 0 aromatic carbocycles. The maximum Gasteiger partial charge on any atom is 0.211 e. The third kappa shape index (κ3) is 1.31. The van der Waals surface area contributed by atoms with Gasteiger partial charge in [-0.1, -0.05) is 13.8 Å². The van der Waals surface area contributed by atoms with Crippen molar-refractivity contribution >= 4 is 10.0 Å². The van der Waals surface area contributed by atoms with E-state index in [1.165, 1.54) is 12.7 Å². The normalized spacial score (nSPS) is 39.5. The molecule has 0 radical (unpaired) electrons. The standard InChI is InChI=1S/C9H17NO2S/c1-7(2)9-4-8(9)5-10(6-9)13(3,11)12/h7-8H,4-6H2,1-3H3/t8-,9+/m1/s1. The lowest BCUT2D eigenvalue weighted by molar-refractivity contribution is 0.325. The Kier molecular flexibility index (Phi) is 1.81. The largest absolute Gasteiger partial charge is 0.213 e. The number of hydrogen-bond acceptors (Lipinski definition) is 2.